The zero-order chi connectivity index (χ0) is 49.9. The number of esters is 1. The van der Waals surface area contributed by atoms with Crippen LogP contribution in [0.2, 0.25) is 102 Å². The molecule has 0 saturated carbocycles. The first kappa shape index (κ1) is 63.1. The summed E-state index contributed by atoms with van der Waals surface area (Å²) >= 11 is 0. The molecule has 3 heterocycles. The van der Waals surface area contributed by atoms with E-state index >= 15 is 0 Å². The van der Waals surface area contributed by atoms with E-state index in [1.807, 2.05) is 0 Å². The van der Waals surface area contributed by atoms with Gasteiger partial charge in [0, 0.05) is 38.6 Å². The lowest BCUT2D eigenvalue weighted by atomic mass is 10.4. The number of aliphatic hydroxyl groups excluding tert-OH is 2. The first-order valence-corrected chi connectivity index (χ1v) is 42.6. The molecule has 3 aliphatic heterocycles. The summed E-state index contributed by atoms with van der Waals surface area (Å²) in [7, 11) is -12.5. The molecule has 0 aromatic carbocycles. The predicted octanol–water partition coefficient (Wildman–Crippen LogP) is 7.73. The Labute approximate surface area is 412 Å². The third kappa shape index (κ3) is 34.9. The molecule has 2 N–H and O–H groups in total. The highest BCUT2D eigenvalue weighted by atomic mass is 28.5. The van der Waals surface area contributed by atoms with Crippen LogP contribution in [0.1, 0.15) is 45.4 Å². The molecule has 3 saturated heterocycles. The van der Waals surface area contributed by atoms with Crippen LogP contribution >= 0.6 is 0 Å². The second-order valence-electron chi connectivity index (χ2n) is 20.9. The van der Waals surface area contributed by atoms with Gasteiger partial charge >= 0.3 is 23.1 Å². The van der Waals surface area contributed by atoms with E-state index < -0.39 is 50.4 Å². The molecular weight excluding hydrogens is 965 g/mol. The van der Waals surface area contributed by atoms with Crippen LogP contribution in [0, 0.1) is 0 Å². The van der Waals surface area contributed by atoms with Gasteiger partial charge in [-0.25, -0.2) is 4.79 Å². The quantitative estimate of drug-likeness (QED) is 0.0198. The van der Waals surface area contributed by atoms with E-state index in [4.69, 9.17) is 69.3 Å². The van der Waals surface area contributed by atoms with Gasteiger partial charge in [0.05, 0.1) is 72.7 Å². The van der Waals surface area contributed by atoms with E-state index in [0.29, 0.717) is 77.2 Å². The van der Waals surface area contributed by atoms with Crippen molar-refractivity contribution >= 4 is 56.4 Å². The Morgan fingerprint density at radius 1 is 0.478 bits per heavy atom. The number of hydrogen-bond donors (Lipinski definition) is 2. The normalized spacial score (nSPS) is 20.1. The summed E-state index contributed by atoms with van der Waals surface area (Å²) in [5.74, 6) is -0.329. The average Bonchev–Trinajstić information content (AvgIpc) is 4.06. The maximum Gasteiger partial charge on any atom is 0.333 e. The summed E-state index contributed by atoms with van der Waals surface area (Å²) in [4.78, 5) is 11.7. The van der Waals surface area contributed by atoms with Gasteiger partial charge in [0.15, 0.2) is 33.3 Å². The van der Waals surface area contributed by atoms with Gasteiger partial charge in [-0.15, -0.1) is 0 Å². The molecule has 0 bridgehead atoms. The monoisotopic (exact) mass is 1060 g/mol. The molecule has 0 aliphatic carbocycles. The minimum atomic E-state index is -2.35. The molecule has 0 amide bonds. The predicted molar refractivity (Wildman–Crippen MR) is 277 cm³/mol. The second kappa shape index (κ2) is 32.9. The van der Waals surface area contributed by atoms with Crippen molar-refractivity contribution in [3.8, 4) is 0 Å². The van der Waals surface area contributed by atoms with E-state index in [1.165, 1.54) is 0 Å². The molecule has 67 heavy (non-hydrogen) atoms. The van der Waals surface area contributed by atoms with Gasteiger partial charge in [0.2, 0.25) is 0 Å². The van der Waals surface area contributed by atoms with Crippen molar-refractivity contribution in [3.05, 3.63) is 12.2 Å². The van der Waals surface area contributed by atoms with Crippen LogP contribution in [0.3, 0.4) is 0 Å². The van der Waals surface area contributed by atoms with Crippen molar-refractivity contribution in [2.75, 3.05) is 106 Å². The van der Waals surface area contributed by atoms with Crippen LogP contribution in [-0.4, -0.2) is 191 Å². The third-order valence-corrected chi connectivity index (χ3v) is 36.2. The number of ether oxygens (including phenoxy) is 9. The number of carbonyl (C=O) groups excluding carboxylic acids is 1. The van der Waals surface area contributed by atoms with Gasteiger partial charge in [-0.05, 0) is 147 Å². The lowest BCUT2D eigenvalue weighted by Crippen LogP contribution is -2.53. The smallest absolute Gasteiger partial charge is 0.333 e. The zero-order valence-corrected chi connectivity index (χ0v) is 49.8. The Bertz CT molecular complexity index is 1340. The minimum absolute atomic E-state index is 0.0613. The lowest BCUT2D eigenvalue weighted by Gasteiger charge is -2.40. The number of aliphatic hydroxyl groups is 2. The Balaban J connectivity index is 0.000000462. The van der Waals surface area contributed by atoms with Crippen LogP contribution in [0.15, 0.2) is 12.2 Å². The van der Waals surface area contributed by atoms with Crippen LogP contribution < -0.4 is 0 Å². The summed E-state index contributed by atoms with van der Waals surface area (Å²) in [5, 5.41) is 17.7. The van der Waals surface area contributed by atoms with Gasteiger partial charge in [-0.3, -0.25) is 0 Å². The fourth-order valence-corrected chi connectivity index (χ4v) is 37.9. The number of epoxide rings is 3. The first-order chi connectivity index (χ1) is 31.5. The second-order valence-corrected chi connectivity index (χ2v) is 45.6. The highest BCUT2D eigenvalue weighted by Gasteiger charge is 2.43. The molecule has 396 valence electrons. The van der Waals surface area contributed by atoms with Gasteiger partial charge in [-0.2, -0.15) is 0 Å². The van der Waals surface area contributed by atoms with Crippen molar-refractivity contribution in [2.45, 2.75) is 165 Å². The van der Waals surface area contributed by atoms with E-state index in [-0.39, 0.29) is 25.3 Å². The summed E-state index contributed by atoms with van der Waals surface area (Å²) in [6.07, 6.45) is 6.52. The van der Waals surface area contributed by atoms with E-state index in [9.17, 15) is 4.79 Å². The molecule has 3 aliphatic rings. The number of carbonyl (C=O) groups is 1. The molecule has 0 aromatic heterocycles. The molecule has 5 atom stereocenters. The van der Waals surface area contributed by atoms with Crippen molar-refractivity contribution < 1.29 is 74.1 Å². The molecule has 3 fully saturated rings. The summed E-state index contributed by atoms with van der Waals surface area (Å²) in [6.45, 7) is 37.1. The number of rotatable bonds is 43. The van der Waals surface area contributed by atoms with Crippen LogP contribution in [0.25, 0.3) is 0 Å². The summed E-state index contributed by atoms with van der Waals surface area (Å²) in [5.41, 5.74) is 0.429. The maximum absolute atomic E-state index is 11.7. The topological polar surface area (TPSA) is 187 Å². The summed E-state index contributed by atoms with van der Waals surface area (Å²) in [6, 6.07) is 6.02. The summed E-state index contributed by atoms with van der Waals surface area (Å²) < 4.78 is 76.3. The standard InChI is InChI=1S/C24H48O8Si3.C21H48O8Si3/c1-21(2)24(25)28-13-10-16-35(7,15-9-12-27-18-23-20-30-23)32-34(5,6)31-33(3,4)14-8-11-26-17-22-19-29-22;1-30(2,16-6-11-24-14-9-22)28-31(3,4)29-32(5,17-7-12-25-15-10-23)18-8-13-26-19-21-20-27-21/h22-23H,1,8-20H2,2-7H3;21-23H,6-20H2,1-5H3. The maximum atomic E-state index is 11.7. The zero-order valence-electron chi connectivity index (χ0n) is 43.8. The van der Waals surface area contributed by atoms with Crippen molar-refractivity contribution in [3.63, 3.8) is 0 Å². The van der Waals surface area contributed by atoms with Gasteiger partial charge in [0.1, 0.15) is 18.3 Å². The molecule has 0 spiro atoms. The van der Waals surface area contributed by atoms with Crippen molar-refractivity contribution in [1.29, 1.82) is 0 Å². The fourth-order valence-electron chi connectivity index (χ4n) is 8.16. The molecule has 5 unspecified atom stereocenters. The van der Waals surface area contributed by atoms with E-state index in [2.05, 4.69) is 72.0 Å². The molecular formula is C45H96O16Si6. The molecule has 3 rings (SSSR count). The highest BCUT2D eigenvalue weighted by Crippen LogP contribution is 2.31. The van der Waals surface area contributed by atoms with E-state index in [1.54, 1.807) is 6.92 Å². The average molecular weight is 1060 g/mol. The van der Waals surface area contributed by atoms with Crippen molar-refractivity contribution in [2.24, 2.45) is 0 Å². The van der Waals surface area contributed by atoms with Gasteiger partial charge < -0.3 is 69.3 Å². The van der Waals surface area contributed by atoms with Crippen LogP contribution in [-0.2, 0) is 63.9 Å². The third-order valence-electron chi connectivity index (χ3n) is 11.2. The molecule has 0 aromatic rings. The first-order valence-electron chi connectivity index (χ1n) is 25.1. The minimum Gasteiger partial charge on any atom is -0.462 e. The van der Waals surface area contributed by atoms with Crippen LogP contribution in [0.4, 0.5) is 0 Å². The van der Waals surface area contributed by atoms with Crippen LogP contribution in [0.5, 0.6) is 0 Å². The molecule has 0 radical (unpaired) electrons. The Morgan fingerprint density at radius 2 is 0.776 bits per heavy atom. The Hall–Kier alpha value is -0.0487. The van der Waals surface area contributed by atoms with Crippen molar-refractivity contribution in [1.82, 2.24) is 0 Å². The fraction of sp³-hybridized carbons (Fsp3) is 0.933. The lowest BCUT2D eigenvalue weighted by molar-refractivity contribution is -0.138. The molecule has 22 heteroatoms. The Morgan fingerprint density at radius 3 is 1.07 bits per heavy atom. The van der Waals surface area contributed by atoms with Gasteiger partial charge in [0.25, 0.3) is 0 Å². The SMILES string of the molecule is C=C(C)C(=O)OCCC[Si](C)(CCCOCC1CO1)O[Si](C)(C)O[Si](C)(C)CCCOCC1CO1.C[Si](C)(CCCOCCO)O[Si](C)(C)O[Si](C)(CCCOCCO)CCCOCC1CO1. The highest BCUT2D eigenvalue weighted by molar-refractivity contribution is 6.89. The Kier molecular flexibility index (Phi) is 31.0. The molecule has 16 nitrogen and oxygen atoms in total. The number of hydrogen-bond acceptors (Lipinski definition) is 16. The largest absolute Gasteiger partial charge is 0.462 e. The van der Waals surface area contributed by atoms with E-state index in [0.717, 1.165) is 108 Å². The van der Waals surface area contributed by atoms with Gasteiger partial charge in [-0.1, -0.05) is 6.58 Å².